The molecule has 0 unspecified atom stereocenters. The zero-order chi connectivity index (χ0) is 6.81. The van der Waals surface area contributed by atoms with E-state index in [2.05, 4.69) is 18.2 Å². The molecule has 0 heterocycles. The van der Waals surface area contributed by atoms with Gasteiger partial charge in [-0.2, -0.15) is 0 Å². The van der Waals surface area contributed by atoms with Gasteiger partial charge in [0.15, 0.2) is 0 Å². The van der Waals surface area contributed by atoms with Crippen LogP contribution in [0.15, 0.2) is 23.8 Å². The topological polar surface area (TPSA) is 0 Å². The lowest BCUT2D eigenvalue weighted by molar-refractivity contribution is 0.644. The number of hydrogen-bond donors (Lipinski definition) is 0. The fourth-order valence-corrected chi connectivity index (χ4v) is 1.99. The van der Waals surface area contributed by atoms with Gasteiger partial charge in [0, 0.05) is 0 Å². The summed E-state index contributed by atoms with van der Waals surface area (Å²) >= 11 is 0. The molecule has 0 nitrogen and oxygen atoms in total. The fraction of sp³-hybridized carbons (Fsp3) is 0.600. The molecule has 0 aromatic rings. The Kier molecular flexibility index (Phi) is 1.62. The third kappa shape index (κ3) is 1.03. The molecular formula is C10H14. The summed E-state index contributed by atoms with van der Waals surface area (Å²) in [6, 6.07) is 0. The van der Waals surface area contributed by atoms with Crippen LogP contribution in [0.2, 0.25) is 0 Å². The quantitative estimate of drug-likeness (QED) is 0.483. The van der Waals surface area contributed by atoms with E-state index in [9.17, 15) is 0 Å². The lowest BCUT2D eigenvalue weighted by atomic mass is 9.96. The SMILES string of the molecule is C1=CCC(C2=CCCC2)C1. The zero-order valence-corrected chi connectivity index (χ0v) is 6.34. The molecule has 0 aromatic carbocycles. The minimum absolute atomic E-state index is 0.905. The van der Waals surface area contributed by atoms with Gasteiger partial charge in [-0.25, -0.2) is 0 Å². The van der Waals surface area contributed by atoms with Gasteiger partial charge in [-0.1, -0.05) is 23.8 Å². The van der Waals surface area contributed by atoms with Gasteiger partial charge in [0.05, 0.1) is 0 Å². The highest BCUT2D eigenvalue weighted by molar-refractivity contribution is 5.16. The summed E-state index contributed by atoms with van der Waals surface area (Å²) in [4.78, 5) is 0. The molecule has 0 saturated heterocycles. The molecule has 0 saturated carbocycles. The average molecular weight is 134 g/mol. The second-order valence-electron chi connectivity index (χ2n) is 3.31. The van der Waals surface area contributed by atoms with Crippen LogP contribution in [-0.2, 0) is 0 Å². The molecule has 2 aliphatic rings. The monoisotopic (exact) mass is 134 g/mol. The Morgan fingerprint density at radius 1 is 1.20 bits per heavy atom. The first-order valence-corrected chi connectivity index (χ1v) is 4.31. The highest BCUT2D eigenvalue weighted by Crippen LogP contribution is 2.32. The van der Waals surface area contributed by atoms with Crippen LogP contribution in [0.25, 0.3) is 0 Å². The lowest BCUT2D eigenvalue weighted by Gasteiger charge is -2.09. The molecule has 0 heteroatoms. The Hall–Kier alpha value is -0.520. The summed E-state index contributed by atoms with van der Waals surface area (Å²) in [6.07, 6.45) is 13.9. The van der Waals surface area contributed by atoms with Crippen molar-refractivity contribution in [2.75, 3.05) is 0 Å². The molecule has 2 rings (SSSR count). The van der Waals surface area contributed by atoms with Crippen LogP contribution in [0.4, 0.5) is 0 Å². The van der Waals surface area contributed by atoms with Crippen LogP contribution in [0.1, 0.15) is 32.1 Å². The normalized spacial score (nSPS) is 25.8. The molecule has 0 amide bonds. The first-order chi connectivity index (χ1) is 4.97. The fourth-order valence-electron chi connectivity index (χ4n) is 1.99. The standard InChI is InChI=1S/C10H14/c1-2-6-9(5-1)10-7-3-4-8-10/h1-2,7,9H,3-6,8H2. The van der Waals surface area contributed by atoms with E-state index in [1.165, 1.54) is 32.1 Å². The average Bonchev–Trinajstić information content (AvgIpc) is 2.59. The van der Waals surface area contributed by atoms with Crippen molar-refractivity contribution >= 4 is 0 Å². The van der Waals surface area contributed by atoms with Gasteiger partial charge in [0.25, 0.3) is 0 Å². The third-order valence-corrected chi connectivity index (χ3v) is 2.61. The van der Waals surface area contributed by atoms with E-state index in [4.69, 9.17) is 0 Å². The second kappa shape index (κ2) is 2.61. The van der Waals surface area contributed by atoms with Crippen LogP contribution in [0.5, 0.6) is 0 Å². The zero-order valence-electron chi connectivity index (χ0n) is 6.34. The number of allylic oxidation sites excluding steroid dienone is 4. The van der Waals surface area contributed by atoms with Crippen LogP contribution < -0.4 is 0 Å². The van der Waals surface area contributed by atoms with Crippen molar-refractivity contribution in [1.29, 1.82) is 0 Å². The molecule has 0 bridgehead atoms. The highest BCUT2D eigenvalue weighted by Gasteiger charge is 2.16. The van der Waals surface area contributed by atoms with Crippen molar-refractivity contribution in [3.05, 3.63) is 23.8 Å². The summed E-state index contributed by atoms with van der Waals surface area (Å²) in [7, 11) is 0. The maximum Gasteiger partial charge on any atom is -0.0134 e. The van der Waals surface area contributed by atoms with Gasteiger partial charge in [-0.3, -0.25) is 0 Å². The highest BCUT2D eigenvalue weighted by atomic mass is 14.2. The van der Waals surface area contributed by atoms with E-state index in [0.29, 0.717) is 0 Å². The van der Waals surface area contributed by atoms with Crippen LogP contribution in [-0.4, -0.2) is 0 Å². The van der Waals surface area contributed by atoms with Gasteiger partial charge in [-0.05, 0) is 38.0 Å². The summed E-state index contributed by atoms with van der Waals surface area (Å²) in [5.74, 6) is 0.905. The minimum Gasteiger partial charge on any atom is -0.0879 e. The smallest absolute Gasteiger partial charge is 0.0134 e. The molecule has 0 atom stereocenters. The Balaban J connectivity index is 1.99. The van der Waals surface area contributed by atoms with Crippen LogP contribution >= 0.6 is 0 Å². The summed E-state index contributed by atoms with van der Waals surface area (Å²) in [5, 5.41) is 0. The molecule has 0 aromatic heterocycles. The maximum absolute atomic E-state index is 2.46. The van der Waals surface area contributed by atoms with Crippen molar-refractivity contribution in [2.45, 2.75) is 32.1 Å². The summed E-state index contributed by atoms with van der Waals surface area (Å²) < 4.78 is 0. The van der Waals surface area contributed by atoms with E-state index in [1.54, 1.807) is 5.57 Å². The molecule has 0 N–H and O–H groups in total. The Morgan fingerprint density at radius 3 is 2.60 bits per heavy atom. The molecule has 2 aliphatic carbocycles. The van der Waals surface area contributed by atoms with E-state index in [0.717, 1.165) is 5.92 Å². The van der Waals surface area contributed by atoms with Crippen molar-refractivity contribution in [1.82, 2.24) is 0 Å². The van der Waals surface area contributed by atoms with Gasteiger partial charge < -0.3 is 0 Å². The molecule has 54 valence electrons. The van der Waals surface area contributed by atoms with Crippen LogP contribution in [0.3, 0.4) is 0 Å². The van der Waals surface area contributed by atoms with E-state index >= 15 is 0 Å². The number of rotatable bonds is 1. The van der Waals surface area contributed by atoms with E-state index in [-0.39, 0.29) is 0 Å². The molecular weight excluding hydrogens is 120 g/mol. The summed E-state index contributed by atoms with van der Waals surface area (Å²) in [5.41, 5.74) is 1.74. The lowest BCUT2D eigenvalue weighted by Crippen LogP contribution is -1.95. The van der Waals surface area contributed by atoms with Crippen molar-refractivity contribution in [3.8, 4) is 0 Å². The van der Waals surface area contributed by atoms with Crippen molar-refractivity contribution in [3.63, 3.8) is 0 Å². The molecule has 0 aliphatic heterocycles. The second-order valence-corrected chi connectivity index (χ2v) is 3.31. The Bertz CT molecular complexity index is 166. The van der Waals surface area contributed by atoms with Crippen molar-refractivity contribution < 1.29 is 0 Å². The Labute approximate surface area is 62.6 Å². The van der Waals surface area contributed by atoms with E-state index in [1.807, 2.05) is 0 Å². The molecule has 0 fully saturated rings. The van der Waals surface area contributed by atoms with Crippen molar-refractivity contribution in [2.24, 2.45) is 5.92 Å². The Morgan fingerprint density at radius 2 is 2.00 bits per heavy atom. The van der Waals surface area contributed by atoms with Crippen LogP contribution in [0, 0.1) is 5.92 Å². The predicted octanol–water partition coefficient (Wildman–Crippen LogP) is 3.06. The molecule has 10 heavy (non-hydrogen) atoms. The minimum atomic E-state index is 0.905. The predicted molar refractivity (Wildman–Crippen MR) is 43.8 cm³/mol. The summed E-state index contributed by atoms with van der Waals surface area (Å²) in [6.45, 7) is 0. The maximum atomic E-state index is 2.46. The first-order valence-electron chi connectivity index (χ1n) is 4.31. The molecule has 0 radical (unpaired) electrons. The van der Waals surface area contributed by atoms with Gasteiger partial charge >= 0.3 is 0 Å². The molecule has 0 spiro atoms. The van der Waals surface area contributed by atoms with Gasteiger partial charge in [0.1, 0.15) is 0 Å². The number of hydrogen-bond acceptors (Lipinski definition) is 0. The third-order valence-electron chi connectivity index (χ3n) is 2.61. The van der Waals surface area contributed by atoms with Gasteiger partial charge in [-0.15, -0.1) is 0 Å². The first kappa shape index (κ1) is 6.21. The van der Waals surface area contributed by atoms with Gasteiger partial charge in [0.2, 0.25) is 0 Å². The largest absolute Gasteiger partial charge is 0.0879 e. The van der Waals surface area contributed by atoms with E-state index < -0.39 is 0 Å².